The summed E-state index contributed by atoms with van der Waals surface area (Å²) in [5.41, 5.74) is 2.19. The van der Waals surface area contributed by atoms with Crippen LogP contribution in [-0.2, 0) is 23.2 Å². The van der Waals surface area contributed by atoms with E-state index >= 15 is 4.79 Å². The van der Waals surface area contributed by atoms with Crippen LogP contribution in [0.25, 0.3) is 0 Å². The summed E-state index contributed by atoms with van der Waals surface area (Å²) in [6.07, 6.45) is 14.6. The Balaban J connectivity index is 1.14. The van der Waals surface area contributed by atoms with E-state index in [0.717, 1.165) is 47.9 Å². The molecule has 8 aliphatic rings. The van der Waals surface area contributed by atoms with E-state index in [2.05, 4.69) is 41.4 Å². The lowest BCUT2D eigenvalue weighted by Crippen LogP contribution is -2.83. The Morgan fingerprint density at radius 2 is 1.74 bits per heavy atom. The summed E-state index contributed by atoms with van der Waals surface area (Å²) in [7, 11) is 1.49. The van der Waals surface area contributed by atoms with Gasteiger partial charge < -0.3 is 35.6 Å². The Morgan fingerprint density at radius 1 is 0.931 bits per heavy atom. The normalized spacial score (nSPS) is 41.3. The quantitative estimate of drug-likeness (QED) is 0.0902. The number of aliphatic hydroxyl groups excluding tert-OH is 1. The fourth-order valence-corrected chi connectivity index (χ4v) is 15.8. The average Bonchev–Trinajstić information content (AvgIpc) is 3.63. The number of allylic oxidation sites excluding steroid dienone is 2. The largest absolute Gasteiger partial charge is 0.504 e. The smallest absolute Gasteiger partial charge is 0.160 e. The van der Waals surface area contributed by atoms with E-state index in [0.29, 0.717) is 37.3 Å². The second kappa shape index (κ2) is 12.6. The number of Topliss-reactive ketones (excluding diaryl/α,β-unsaturated/α-hetero) is 1. The molecule has 4 saturated carbocycles. The molecule has 3 aromatic rings. The molecule has 1 aliphatic heterocycles. The van der Waals surface area contributed by atoms with Gasteiger partial charge in [0.15, 0.2) is 23.0 Å². The highest BCUT2D eigenvalue weighted by molar-refractivity contribution is 5.81. The zero-order valence-electron chi connectivity index (χ0n) is 33.3. The van der Waals surface area contributed by atoms with Gasteiger partial charge in [-0.15, -0.1) is 0 Å². The number of aliphatic hydroxyl groups is 2. The Kier molecular flexibility index (Phi) is 7.99. The number of ketones is 1. The summed E-state index contributed by atoms with van der Waals surface area (Å²) in [4.78, 5) is 15.0. The van der Waals surface area contributed by atoms with E-state index in [9.17, 15) is 25.5 Å². The van der Waals surface area contributed by atoms with Gasteiger partial charge in [0.2, 0.25) is 0 Å². The number of nitrogens with one attached hydrogen (secondary N) is 1. The van der Waals surface area contributed by atoms with Crippen molar-refractivity contribution in [2.75, 3.05) is 13.7 Å². The molecule has 6 N–H and O–H groups in total. The number of piperidine rings is 1. The SMILES string of the molecule is COc1cc([C@H]2CC(=O)C[C@]3(O)CC[C@]45CC[C@@]67C=C[C@H]8CCC[C@@]8(C6)[C@H]6C[C@H]7[C@]4(c4cc(O)c(O)cc46)[C@H]3[C@@H](C#C[C@H]2Cc2ccccc2)CN5)c(CO)cc1O. The number of ether oxygens (including phenoxy) is 1. The molecule has 0 radical (unpaired) electrons. The average molecular weight is 782 g/mol. The van der Waals surface area contributed by atoms with Crippen molar-refractivity contribution in [3.63, 3.8) is 0 Å². The minimum absolute atomic E-state index is 0.0176. The molecule has 0 unspecified atom stereocenters. The monoisotopic (exact) mass is 781 g/mol. The molecule has 58 heavy (non-hydrogen) atoms. The lowest BCUT2D eigenvalue weighted by Gasteiger charge is -2.79. The molecule has 302 valence electrons. The van der Waals surface area contributed by atoms with Crippen molar-refractivity contribution in [1.29, 1.82) is 0 Å². The lowest BCUT2D eigenvalue weighted by atomic mass is 9.27. The summed E-state index contributed by atoms with van der Waals surface area (Å²) in [6.45, 7) is 0.257. The molecule has 8 nitrogen and oxygen atoms in total. The number of hydrogen-bond donors (Lipinski definition) is 6. The van der Waals surface area contributed by atoms with Crippen LogP contribution >= 0.6 is 0 Å². The predicted molar refractivity (Wildman–Crippen MR) is 218 cm³/mol. The van der Waals surface area contributed by atoms with Crippen LogP contribution in [0.5, 0.6) is 23.0 Å². The van der Waals surface area contributed by atoms with E-state index in [-0.39, 0.29) is 88.3 Å². The Bertz CT molecular complexity index is 2310. The topological polar surface area (TPSA) is 139 Å². The lowest BCUT2D eigenvalue weighted by molar-refractivity contribution is -0.231. The van der Waals surface area contributed by atoms with E-state index < -0.39 is 22.9 Å². The van der Waals surface area contributed by atoms with Crippen LogP contribution in [0, 0.1) is 52.3 Å². The minimum Gasteiger partial charge on any atom is -0.504 e. The Morgan fingerprint density at radius 3 is 2.55 bits per heavy atom. The molecule has 5 fully saturated rings. The highest BCUT2D eigenvalue weighted by Gasteiger charge is 2.79. The van der Waals surface area contributed by atoms with Crippen molar-refractivity contribution in [2.24, 2.45) is 40.4 Å². The second-order valence-electron chi connectivity index (χ2n) is 19.8. The van der Waals surface area contributed by atoms with E-state index in [1.165, 1.54) is 32.4 Å². The van der Waals surface area contributed by atoms with Gasteiger partial charge in [0.1, 0.15) is 5.78 Å². The first kappa shape index (κ1) is 36.8. The molecule has 12 atom stereocenters. The van der Waals surface area contributed by atoms with Crippen LogP contribution in [0.1, 0.15) is 110 Å². The third-order valence-corrected chi connectivity index (χ3v) is 17.7. The zero-order valence-corrected chi connectivity index (χ0v) is 33.3. The van der Waals surface area contributed by atoms with Crippen LogP contribution in [0.15, 0.2) is 66.7 Å². The molecule has 1 saturated heterocycles. The summed E-state index contributed by atoms with van der Waals surface area (Å²) in [6, 6.07) is 17.2. The third-order valence-electron chi connectivity index (χ3n) is 17.7. The van der Waals surface area contributed by atoms with Crippen molar-refractivity contribution >= 4 is 5.78 Å². The molecule has 0 amide bonds. The van der Waals surface area contributed by atoms with Crippen molar-refractivity contribution < 1.29 is 35.1 Å². The maximum Gasteiger partial charge on any atom is 0.160 e. The maximum atomic E-state index is 15.0. The van der Waals surface area contributed by atoms with Gasteiger partial charge in [0, 0.05) is 54.0 Å². The number of benzene rings is 3. The standard InChI is InChI=1S/C50H55NO7/c1-58-43-22-36(32(27-52)19-42(43)56)35-20-34(53)25-48(57)15-17-49-16-14-46-13-11-33-8-5-12-47(33,28-46)38-24-44(46)50(49,39-23-41(55)40(54)21-37(38)39)45(48)31(26-51-49)10-9-30(35)18-29-6-3-2-4-7-29/h2-4,6-7,11,13,19,21-23,30-31,33,35,38,44-45,51-52,54-57H,5,8,12,14-18,20,24-28H2,1H3/t30-,31-,33+,35-,38-,44+,45-,46-,47-,48+,49+,50+/m0/s1. The first-order chi connectivity index (χ1) is 28.0. The number of hydrogen-bond acceptors (Lipinski definition) is 8. The molecule has 1 heterocycles. The van der Waals surface area contributed by atoms with Gasteiger partial charge >= 0.3 is 0 Å². The second-order valence-corrected chi connectivity index (χ2v) is 19.8. The number of carbonyl (C=O) groups excluding carboxylic acids is 1. The van der Waals surface area contributed by atoms with Gasteiger partial charge in [0.25, 0.3) is 0 Å². The van der Waals surface area contributed by atoms with Gasteiger partial charge in [-0.1, -0.05) is 60.7 Å². The summed E-state index contributed by atoms with van der Waals surface area (Å²) in [5.74, 6) is 7.01. The first-order valence-electron chi connectivity index (χ1n) is 21.8. The number of aromatic hydroxyl groups is 3. The van der Waals surface area contributed by atoms with Gasteiger partial charge in [-0.25, -0.2) is 0 Å². The Labute approximate surface area is 340 Å². The first-order valence-corrected chi connectivity index (χ1v) is 21.8. The number of rotatable bonds is 5. The number of fused-ring (bicyclic) bond motifs is 3. The van der Waals surface area contributed by atoms with Gasteiger partial charge in [-0.05, 0) is 138 Å². The number of methoxy groups -OCH3 is 1. The number of phenolic OH excluding ortho intramolecular Hbond substituents is 3. The van der Waals surface area contributed by atoms with Crippen molar-refractivity contribution in [3.05, 3.63) is 94.6 Å². The molecule has 6 bridgehead atoms. The summed E-state index contributed by atoms with van der Waals surface area (Å²) < 4.78 is 5.56. The zero-order chi connectivity index (χ0) is 39.8. The molecule has 7 aliphatic carbocycles. The minimum atomic E-state index is -1.37. The molecule has 0 aromatic heterocycles. The summed E-state index contributed by atoms with van der Waals surface area (Å²) in [5, 5.41) is 61.9. The summed E-state index contributed by atoms with van der Waals surface area (Å²) >= 11 is 0. The molecule has 3 aromatic carbocycles. The van der Waals surface area contributed by atoms with Crippen LogP contribution in [0.4, 0.5) is 0 Å². The van der Waals surface area contributed by atoms with E-state index in [4.69, 9.17) is 4.74 Å². The fourth-order valence-electron chi connectivity index (χ4n) is 15.8. The van der Waals surface area contributed by atoms with Gasteiger partial charge in [-0.3, -0.25) is 4.79 Å². The van der Waals surface area contributed by atoms with E-state index in [1.807, 2.05) is 30.3 Å². The molecule has 3 spiro atoms. The van der Waals surface area contributed by atoms with Gasteiger partial charge in [-0.2, -0.15) is 0 Å². The van der Waals surface area contributed by atoms with Gasteiger partial charge in [0.05, 0.1) is 19.3 Å². The predicted octanol–water partition coefficient (Wildman–Crippen LogP) is 7.29. The molecule has 8 heteroatoms. The number of carbonyl (C=O) groups is 1. The van der Waals surface area contributed by atoms with E-state index in [1.54, 1.807) is 6.07 Å². The highest BCUT2D eigenvalue weighted by atomic mass is 16.5. The van der Waals surface area contributed by atoms with Crippen LogP contribution in [-0.4, -0.2) is 56.1 Å². The van der Waals surface area contributed by atoms with Crippen LogP contribution in [0.3, 0.4) is 0 Å². The number of phenols is 3. The van der Waals surface area contributed by atoms with Crippen LogP contribution < -0.4 is 10.1 Å². The fraction of sp³-hybridized carbons (Fsp3) is 0.540. The van der Waals surface area contributed by atoms with Crippen LogP contribution in [0.2, 0.25) is 0 Å². The van der Waals surface area contributed by atoms with Crippen molar-refractivity contribution in [2.45, 2.75) is 112 Å². The Hall–Kier alpha value is -4.29. The van der Waals surface area contributed by atoms with Crippen molar-refractivity contribution in [3.8, 4) is 34.8 Å². The third kappa shape index (κ3) is 4.73. The molecular weight excluding hydrogens is 727 g/mol. The maximum absolute atomic E-state index is 15.0. The molecule has 11 rings (SSSR count). The highest BCUT2D eigenvalue weighted by Crippen LogP contribution is 2.81. The molecular formula is C50H55NO7. The van der Waals surface area contributed by atoms with Crippen molar-refractivity contribution in [1.82, 2.24) is 5.32 Å².